The first-order valence-corrected chi connectivity index (χ1v) is 6.67. The van der Waals surface area contributed by atoms with Gasteiger partial charge in [0.15, 0.2) is 0 Å². The Morgan fingerprint density at radius 3 is 2.78 bits per heavy atom. The van der Waals surface area contributed by atoms with E-state index in [0.29, 0.717) is 17.8 Å². The number of nitrogens with zero attached hydrogens (tertiary/aromatic N) is 2. The van der Waals surface area contributed by atoms with Crippen LogP contribution >= 0.6 is 0 Å². The zero-order valence-corrected chi connectivity index (χ0v) is 10.8. The highest BCUT2D eigenvalue weighted by atomic mass is 19.3. The number of rotatable bonds is 6. The van der Waals surface area contributed by atoms with E-state index < -0.39 is 6.55 Å². The first-order chi connectivity index (χ1) is 8.67. The van der Waals surface area contributed by atoms with E-state index in [1.165, 1.54) is 38.1 Å². The van der Waals surface area contributed by atoms with Crippen LogP contribution in [0.4, 0.5) is 8.78 Å². The Bertz CT molecular complexity index is 370. The number of alkyl halides is 2. The van der Waals surface area contributed by atoms with E-state index in [9.17, 15) is 8.78 Å². The molecular formula is C13H21F2N3. The fraction of sp³-hybridized carbons (Fsp3) is 0.769. The van der Waals surface area contributed by atoms with E-state index in [2.05, 4.69) is 17.2 Å². The smallest absolute Gasteiger partial charge is 0.309 e. The van der Waals surface area contributed by atoms with E-state index >= 15 is 0 Å². The SMILES string of the molecule is CCC1(CNCc2nccn2C(F)F)CCCC1. The minimum Gasteiger partial charge on any atom is -0.309 e. The Balaban J connectivity index is 1.86. The van der Waals surface area contributed by atoms with E-state index in [1.54, 1.807) is 0 Å². The van der Waals surface area contributed by atoms with E-state index in [4.69, 9.17) is 0 Å². The van der Waals surface area contributed by atoms with Gasteiger partial charge in [0.1, 0.15) is 5.82 Å². The van der Waals surface area contributed by atoms with Gasteiger partial charge in [-0.2, -0.15) is 8.78 Å². The molecule has 1 heterocycles. The quantitative estimate of drug-likeness (QED) is 0.847. The summed E-state index contributed by atoms with van der Waals surface area (Å²) >= 11 is 0. The Hall–Kier alpha value is -0.970. The summed E-state index contributed by atoms with van der Waals surface area (Å²) in [5.74, 6) is 0.411. The van der Waals surface area contributed by atoms with Crippen molar-refractivity contribution in [2.75, 3.05) is 6.54 Å². The molecule has 1 aliphatic carbocycles. The lowest BCUT2D eigenvalue weighted by molar-refractivity contribution is 0.0664. The molecule has 1 saturated carbocycles. The molecule has 5 heteroatoms. The molecule has 18 heavy (non-hydrogen) atoms. The van der Waals surface area contributed by atoms with Gasteiger partial charge >= 0.3 is 6.55 Å². The predicted octanol–water partition coefficient (Wildman–Crippen LogP) is 3.34. The third kappa shape index (κ3) is 2.88. The van der Waals surface area contributed by atoms with Crippen molar-refractivity contribution in [2.24, 2.45) is 5.41 Å². The Morgan fingerprint density at radius 2 is 2.17 bits per heavy atom. The molecule has 3 nitrogen and oxygen atoms in total. The Labute approximate surface area is 107 Å². The fourth-order valence-corrected chi connectivity index (χ4v) is 2.88. The molecule has 0 bridgehead atoms. The summed E-state index contributed by atoms with van der Waals surface area (Å²) in [5, 5.41) is 3.30. The lowest BCUT2D eigenvalue weighted by Gasteiger charge is -2.27. The van der Waals surface area contributed by atoms with Crippen LogP contribution in [0.3, 0.4) is 0 Å². The monoisotopic (exact) mass is 257 g/mol. The first kappa shape index (κ1) is 13.5. The van der Waals surface area contributed by atoms with Crippen LogP contribution in [0.25, 0.3) is 0 Å². The van der Waals surface area contributed by atoms with Crippen molar-refractivity contribution >= 4 is 0 Å². The molecule has 0 radical (unpaired) electrons. The summed E-state index contributed by atoms with van der Waals surface area (Å²) in [6.45, 7) is 1.03. The molecule has 0 atom stereocenters. The van der Waals surface area contributed by atoms with Gasteiger partial charge in [-0.1, -0.05) is 19.8 Å². The minimum atomic E-state index is -2.50. The molecular weight excluding hydrogens is 236 g/mol. The lowest BCUT2D eigenvalue weighted by atomic mass is 9.83. The van der Waals surface area contributed by atoms with Gasteiger partial charge in [-0.3, -0.25) is 4.57 Å². The Kier molecular flexibility index (Phi) is 4.32. The van der Waals surface area contributed by atoms with Gasteiger partial charge in [-0.15, -0.1) is 0 Å². The number of hydrogen-bond donors (Lipinski definition) is 1. The summed E-state index contributed by atoms with van der Waals surface area (Å²) in [6, 6.07) is 0. The molecule has 1 aliphatic rings. The van der Waals surface area contributed by atoms with Crippen LogP contribution < -0.4 is 5.32 Å². The minimum absolute atomic E-state index is 0.377. The number of nitrogens with one attached hydrogen (secondary N) is 1. The van der Waals surface area contributed by atoms with Crippen LogP contribution in [0.2, 0.25) is 0 Å². The van der Waals surface area contributed by atoms with Crippen LogP contribution in [0.1, 0.15) is 51.4 Å². The first-order valence-electron chi connectivity index (χ1n) is 6.67. The van der Waals surface area contributed by atoms with Crippen LogP contribution in [0.15, 0.2) is 12.4 Å². The molecule has 0 amide bonds. The van der Waals surface area contributed by atoms with Crippen LogP contribution in [0.5, 0.6) is 0 Å². The zero-order valence-electron chi connectivity index (χ0n) is 10.8. The summed E-state index contributed by atoms with van der Waals surface area (Å²) < 4.78 is 26.2. The second kappa shape index (κ2) is 5.78. The van der Waals surface area contributed by atoms with E-state index in [0.717, 1.165) is 17.5 Å². The van der Waals surface area contributed by atoms with Crippen LogP contribution in [0, 0.1) is 5.41 Å². The van der Waals surface area contributed by atoms with E-state index in [-0.39, 0.29) is 0 Å². The van der Waals surface area contributed by atoms with Crippen molar-refractivity contribution < 1.29 is 8.78 Å². The number of imidazole rings is 1. The third-order valence-corrected chi connectivity index (χ3v) is 4.16. The van der Waals surface area contributed by atoms with Crippen molar-refractivity contribution in [1.82, 2.24) is 14.9 Å². The average molecular weight is 257 g/mol. The highest BCUT2D eigenvalue weighted by Crippen LogP contribution is 2.40. The van der Waals surface area contributed by atoms with Crippen molar-refractivity contribution in [3.8, 4) is 0 Å². The van der Waals surface area contributed by atoms with Gasteiger partial charge in [0.25, 0.3) is 0 Å². The fourth-order valence-electron chi connectivity index (χ4n) is 2.88. The molecule has 0 saturated heterocycles. The van der Waals surface area contributed by atoms with Gasteiger partial charge in [-0.05, 0) is 24.7 Å². The number of aromatic nitrogens is 2. The normalized spacial score (nSPS) is 18.7. The lowest BCUT2D eigenvalue weighted by Crippen LogP contribution is -2.32. The van der Waals surface area contributed by atoms with Crippen molar-refractivity contribution in [3.05, 3.63) is 18.2 Å². The molecule has 0 aliphatic heterocycles. The Morgan fingerprint density at radius 1 is 1.44 bits per heavy atom. The molecule has 1 aromatic rings. The topological polar surface area (TPSA) is 29.9 Å². The third-order valence-electron chi connectivity index (χ3n) is 4.16. The molecule has 1 aromatic heterocycles. The summed E-state index contributed by atoms with van der Waals surface area (Å²) in [6.07, 6.45) is 8.99. The highest BCUT2D eigenvalue weighted by Gasteiger charge is 2.31. The van der Waals surface area contributed by atoms with Crippen molar-refractivity contribution in [1.29, 1.82) is 0 Å². The second-order valence-electron chi connectivity index (χ2n) is 5.19. The van der Waals surface area contributed by atoms with Gasteiger partial charge < -0.3 is 5.32 Å². The van der Waals surface area contributed by atoms with Crippen molar-refractivity contribution in [3.63, 3.8) is 0 Å². The average Bonchev–Trinajstić information content (AvgIpc) is 2.98. The van der Waals surface area contributed by atoms with Gasteiger partial charge in [0.05, 0.1) is 6.54 Å². The largest absolute Gasteiger partial charge is 0.319 e. The van der Waals surface area contributed by atoms with E-state index in [1.807, 2.05) is 0 Å². The molecule has 2 rings (SSSR count). The molecule has 0 aromatic carbocycles. The van der Waals surface area contributed by atoms with Crippen LogP contribution in [-0.4, -0.2) is 16.1 Å². The molecule has 1 N–H and O–H groups in total. The predicted molar refractivity (Wildman–Crippen MR) is 66.4 cm³/mol. The van der Waals surface area contributed by atoms with Gasteiger partial charge in [-0.25, -0.2) is 4.98 Å². The maximum absolute atomic E-state index is 12.6. The van der Waals surface area contributed by atoms with Crippen LogP contribution in [-0.2, 0) is 6.54 Å². The zero-order chi connectivity index (χ0) is 13.0. The second-order valence-corrected chi connectivity index (χ2v) is 5.19. The number of halogens is 2. The summed E-state index contributed by atoms with van der Waals surface area (Å²) in [4.78, 5) is 3.97. The molecule has 0 spiro atoms. The summed E-state index contributed by atoms with van der Waals surface area (Å²) in [5.41, 5.74) is 0.377. The van der Waals surface area contributed by atoms with Gasteiger partial charge in [0, 0.05) is 18.9 Å². The standard InChI is InChI=1S/C13H21F2N3/c1-2-13(5-3-4-6-13)10-16-9-11-17-7-8-18(11)12(14)15/h7-8,12,16H,2-6,9-10H2,1H3. The maximum atomic E-state index is 12.6. The van der Waals surface area contributed by atoms with Gasteiger partial charge in [0.2, 0.25) is 0 Å². The molecule has 0 unspecified atom stereocenters. The van der Waals surface area contributed by atoms with Crippen molar-refractivity contribution in [2.45, 2.75) is 52.1 Å². The summed E-state index contributed by atoms with van der Waals surface area (Å²) in [7, 11) is 0. The maximum Gasteiger partial charge on any atom is 0.319 e. The number of hydrogen-bond acceptors (Lipinski definition) is 2. The molecule has 102 valence electrons. The molecule has 1 fully saturated rings. The highest BCUT2D eigenvalue weighted by molar-refractivity contribution is 4.93.